The highest BCUT2D eigenvalue weighted by Gasteiger charge is 2.25. The number of hydrogen-bond donors (Lipinski definition) is 0. The van der Waals surface area contributed by atoms with E-state index in [2.05, 4.69) is 14.5 Å². The molecule has 0 amide bonds. The van der Waals surface area contributed by atoms with Crippen LogP contribution < -0.4 is 0 Å². The van der Waals surface area contributed by atoms with Crippen LogP contribution in [0.15, 0.2) is 12.3 Å². The number of hydrogen-bond acceptors (Lipinski definition) is 7. The minimum Gasteiger partial charge on any atom is -0.465 e. The molecule has 0 bridgehead atoms. The van der Waals surface area contributed by atoms with Crippen molar-refractivity contribution in [3.05, 3.63) is 29.1 Å². The van der Waals surface area contributed by atoms with Crippen molar-refractivity contribution in [1.82, 2.24) is 4.98 Å². The summed E-state index contributed by atoms with van der Waals surface area (Å²) < 4.78 is 19.8. The second-order valence-corrected chi connectivity index (χ2v) is 3.72. The second kappa shape index (κ2) is 5.77. The average molecular weight is 267 g/mol. The monoisotopic (exact) mass is 267 g/mol. The highest BCUT2D eigenvalue weighted by Crippen LogP contribution is 2.24. The van der Waals surface area contributed by atoms with E-state index < -0.39 is 18.2 Å². The summed E-state index contributed by atoms with van der Waals surface area (Å²) in [5.41, 5.74) is 0.465. The summed E-state index contributed by atoms with van der Waals surface area (Å²) in [4.78, 5) is 27.1. The average Bonchev–Trinajstić information content (AvgIpc) is 2.99. The van der Waals surface area contributed by atoms with Gasteiger partial charge in [0.2, 0.25) is 0 Å². The molecule has 0 radical (unpaired) electrons. The normalized spacial score (nSPS) is 15.3. The first-order valence-electron chi connectivity index (χ1n) is 5.57. The zero-order valence-corrected chi connectivity index (χ0v) is 10.5. The number of carbonyl (C=O) groups excluding carboxylic acids is 2. The molecule has 1 saturated heterocycles. The molecule has 0 N–H and O–H groups in total. The summed E-state index contributed by atoms with van der Waals surface area (Å²) in [5, 5.41) is 0. The van der Waals surface area contributed by atoms with Gasteiger partial charge < -0.3 is 18.9 Å². The van der Waals surface area contributed by atoms with Crippen LogP contribution in [0.3, 0.4) is 0 Å². The van der Waals surface area contributed by atoms with Crippen LogP contribution >= 0.6 is 0 Å². The molecule has 0 aromatic carbocycles. The van der Waals surface area contributed by atoms with Crippen LogP contribution in [0.4, 0.5) is 0 Å². The lowest BCUT2D eigenvalue weighted by molar-refractivity contribution is -0.0444. The first-order valence-corrected chi connectivity index (χ1v) is 5.57. The molecule has 102 valence electrons. The number of pyridine rings is 1. The van der Waals surface area contributed by atoms with Gasteiger partial charge in [0.15, 0.2) is 12.0 Å². The number of rotatable bonds is 3. The van der Waals surface area contributed by atoms with E-state index in [1.807, 2.05) is 0 Å². The van der Waals surface area contributed by atoms with Crippen LogP contribution in [-0.2, 0) is 18.9 Å². The first kappa shape index (κ1) is 13.4. The van der Waals surface area contributed by atoms with E-state index in [4.69, 9.17) is 9.47 Å². The van der Waals surface area contributed by atoms with Gasteiger partial charge in [-0.3, -0.25) is 0 Å². The fourth-order valence-electron chi connectivity index (χ4n) is 1.69. The van der Waals surface area contributed by atoms with Crippen LogP contribution in [0, 0.1) is 0 Å². The Morgan fingerprint density at radius 2 is 1.84 bits per heavy atom. The second-order valence-electron chi connectivity index (χ2n) is 3.72. The van der Waals surface area contributed by atoms with Crippen LogP contribution in [0.1, 0.15) is 32.7 Å². The smallest absolute Gasteiger partial charge is 0.357 e. The summed E-state index contributed by atoms with van der Waals surface area (Å²) in [7, 11) is 2.43. The molecule has 1 aliphatic heterocycles. The lowest BCUT2D eigenvalue weighted by atomic mass is 10.1. The van der Waals surface area contributed by atoms with Gasteiger partial charge in [-0.2, -0.15) is 0 Å². The predicted octanol–water partition coefficient (Wildman–Crippen LogP) is 0.700. The zero-order chi connectivity index (χ0) is 13.8. The molecule has 0 spiro atoms. The Labute approximate surface area is 109 Å². The third-order valence-corrected chi connectivity index (χ3v) is 2.59. The molecular formula is C12H13NO6. The van der Waals surface area contributed by atoms with E-state index in [9.17, 15) is 9.59 Å². The van der Waals surface area contributed by atoms with Gasteiger partial charge >= 0.3 is 11.9 Å². The Kier molecular flexibility index (Phi) is 4.08. The number of methoxy groups -OCH3 is 2. The van der Waals surface area contributed by atoms with Gasteiger partial charge in [-0.15, -0.1) is 0 Å². The van der Waals surface area contributed by atoms with Crippen molar-refractivity contribution in [3.8, 4) is 0 Å². The summed E-state index contributed by atoms with van der Waals surface area (Å²) in [5.74, 6) is -1.38. The predicted molar refractivity (Wildman–Crippen MR) is 61.6 cm³/mol. The Hall–Kier alpha value is -1.99. The molecule has 1 fully saturated rings. The lowest BCUT2D eigenvalue weighted by Crippen LogP contribution is -2.15. The van der Waals surface area contributed by atoms with Gasteiger partial charge in [-0.05, 0) is 6.07 Å². The summed E-state index contributed by atoms with van der Waals surface area (Å²) in [6.07, 6.45) is 0.830. The number of ether oxygens (including phenoxy) is 4. The van der Waals surface area contributed by atoms with Crippen molar-refractivity contribution in [3.63, 3.8) is 0 Å². The molecule has 0 saturated carbocycles. The maximum atomic E-state index is 11.7. The van der Waals surface area contributed by atoms with Gasteiger partial charge in [-0.25, -0.2) is 14.6 Å². The molecular weight excluding hydrogens is 254 g/mol. The zero-order valence-electron chi connectivity index (χ0n) is 10.5. The van der Waals surface area contributed by atoms with Gasteiger partial charge in [0.25, 0.3) is 0 Å². The maximum Gasteiger partial charge on any atom is 0.357 e. The Bertz CT molecular complexity index is 495. The molecule has 19 heavy (non-hydrogen) atoms. The maximum absolute atomic E-state index is 11.7. The Morgan fingerprint density at radius 1 is 1.21 bits per heavy atom. The molecule has 1 aromatic rings. The quantitative estimate of drug-likeness (QED) is 0.745. The molecule has 0 unspecified atom stereocenters. The largest absolute Gasteiger partial charge is 0.465 e. The molecule has 1 aliphatic rings. The van der Waals surface area contributed by atoms with Gasteiger partial charge in [-0.1, -0.05) is 0 Å². The van der Waals surface area contributed by atoms with Crippen molar-refractivity contribution in [1.29, 1.82) is 0 Å². The number of esters is 2. The van der Waals surface area contributed by atoms with E-state index in [0.29, 0.717) is 18.8 Å². The van der Waals surface area contributed by atoms with Crippen molar-refractivity contribution < 1.29 is 28.5 Å². The fraction of sp³-hybridized carbons (Fsp3) is 0.417. The molecule has 2 rings (SSSR count). The number of aromatic nitrogens is 1. The number of nitrogens with zero attached hydrogens (tertiary/aromatic N) is 1. The van der Waals surface area contributed by atoms with E-state index in [0.717, 1.165) is 0 Å². The highest BCUT2D eigenvalue weighted by atomic mass is 16.7. The van der Waals surface area contributed by atoms with Gasteiger partial charge in [0.05, 0.1) is 33.0 Å². The van der Waals surface area contributed by atoms with Crippen LogP contribution in [0.2, 0.25) is 0 Å². The Balaban J connectivity index is 2.40. The topological polar surface area (TPSA) is 84.0 Å². The third kappa shape index (κ3) is 2.72. The summed E-state index contributed by atoms with van der Waals surface area (Å²) in [6.45, 7) is 0.938. The summed E-state index contributed by atoms with van der Waals surface area (Å²) >= 11 is 0. The molecule has 7 heteroatoms. The minimum absolute atomic E-state index is 0.0194. The van der Waals surface area contributed by atoms with Crippen molar-refractivity contribution in [2.24, 2.45) is 0 Å². The van der Waals surface area contributed by atoms with E-state index in [-0.39, 0.29) is 11.3 Å². The lowest BCUT2D eigenvalue weighted by Gasteiger charge is -2.11. The third-order valence-electron chi connectivity index (χ3n) is 2.59. The van der Waals surface area contributed by atoms with Gasteiger partial charge in [0.1, 0.15) is 0 Å². The van der Waals surface area contributed by atoms with E-state index in [1.54, 1.807) is 0 Å². The molecule has 1 aromatic heterocycles. The van der Waals surface area contributed by atoms with Crippen molar-refractivity contribution in [2.75, 3.05) is 27.4 Å². The highest BCUT2D eigenvalue weighted by molar-refractivity contribution is 6.01. The first-order chi connectivity index (χ1) is 9.17. The molecule has 7 nitrogen and oxygen atoms in total. The molecule has 2 heterocycles. The van der Waals surface area contributed by atoms with E-state index >= 15 is 0 Å². The van der Waals surface area contributed by atoms with Crippen LogP contribution in [0.5, 0.6) is 0 Å². The van der Waals surface area contributed by atoms with Crippen LogP contribution in [0.25, 0.3) is 0 Å². The van der Waals surface area contributed by atoms with Crippen molar-refractivity contribution >= 4 is 11.9 Å². The van der Waals surface area contributed by atoms with E-state index in [1.165, 1.54) is 26.5 Å². The number of carbonyl (C=O) groups is 2. The minimum atomic E-state index is -0.708. The van der Waals surface area contributed by atoms with Gasteiger partial charge in [0, 0.05) is 11.8 Å². The fourth-order valence-corrected chi connectivity index (χ4v) is 1.69. The molecule has 0 atom stereocenters. The Morgan fingerprint density at radius 3 is 2.42 bits per heavy atom. The SMILES string of the molecule is COC(=O)c1cc(C2OCCO2)cnc1C(=O)OC. The molecule has 0 aliphatic carbocycles. The standard InChI is InChI=1S/C12H13NO6/c1-16-10(14)8-5-7(12-18-3-4-19-12)6-13-9(8)11(15)17-2/h5-6,12H,3-4H2,1-2H3. The van der Waals surface area contributed by atoms with Crippen molar-refractivity contribution in [2.45, 2.75) is 6.29 Å². The summed E-state index contributed by atoms with van der Waals surface area (Å²) in [6, 6.07) is 1.46. The van der Waals surface area contributed by atoms with Crippen LogP contribution in [-0.4, -0.2) is 44.4 Å².